The lowest BCUT2D eigenvalue weighted by molar-refractivity contribution is -0.129. The van der Waals surface area contributed by atoms with Crippen LogP contribution in [0.25, 0.3) is 0 Å². The number of amides is 1. The normalized spacial score (nSPS) is 14.9. The number of nitrogens with zero attached hydrogens (tertiary/aromatic N) is 1. The van der Waals surface area contributed by atoms with Crippen molar-refractivity contribution in [2.24, 2.45) is 0 Å². The standard InChI is InChI=1S/C19H22N2O3/c1-14(18(22)21-12-11-15-5-3-2-4-6-15)24-19(23)17-9-7-16(13-20)8-10-17/h5,7-10,14H,2-4,6,11-12H2,1H3,(H,21,22)/t14-/m1/s1. The van der Waals surface area contributed by atoms with Gasteiger partial charge in [0.25, 0.3) is 5.91 Å². The molecule has 0 saturated carbocycles. The summed E-state index contributed by atoms with van der Waals surface area (Å²) in [6.07, 6.45) is 6.96. The first-order valence-corrected chi connectivity index (χ1v) is 8.27. The summed E-state index contributed by atoms with van der Waals surface area (Å²) in [5.74, 6) is -0.870. The number of rotatable bonds is 6. The van der Waals surface area contributed by atoms with Gasteiger partial charge in [0.15, 0.2) is 6.10 Å². The molecule has 0 radical (unpaired) electrons. The largest absolute Gasteiger partial charge is 0.449 e. The number of ether oxygens (including phenoxy) is 1. The maximum Gasteiger partial charge on any atom is 0.338 e. The van der Waals surface area contributed by atoms with Gasteiger partial charge in [-0.3, -0.25) is 4.79 Å². The van der Waals surface area contributed by atoms with Gasteiger partial charge in [0, 0.05) is 6.54 Å². The van der Waals surface area contributed by atoms with Crippen molar-refractivity contribution in [1.82, 2.24) is 5.32 Å². The molecular formula is C19H22N2O3. The number of nitriles is 1. The highest BCUT2D eigenvalue weighted by Crippen LogP contribution is 2.19. The molecule has 1 aromatic rings. The fourth-order valence-corrected chi connectivity index (χ4v) is 2.58. The minimum absolute atomic E-state index is 0.298. The van der Waals surface area contributed by atoms with Crippen molar-refractivity contribution in [2.75, 3.05) is 6.54 Å². The van der Waals surface area contributed by atoms with Gasteiger partial charge in [-0.2, -0.15) is 5.26 Å². The quantitative estimate of drug-likeness (QED) is 0.643. The van der Waals surface area contributed by atoms with Crippen molar-refractivity contribution in [3.05, 3.63) is 47.0 Å². The Labute approximate surface area is 142 Å². The molecule has 0 saturated heterocycles. The second-order valence-corrected chi connectivity index (χ2v) is 5.89. The number of carbonyl (C=O) groups excluding carboxylic acids is 2. The predicted molar refractivity (Wildman–Crippen MR) is 90.2 cm³/mol. The van der Waals surface area contributed by atoms with Crippen LogP contribution in [0.15, 0.2) is 35.9 Å². The third-order valence-corrected chi connectivity index (χ3v) is 4.03. The van der Waals surface area contributed by atoms with Crippen LogP contribution < -0.4 is 5.32 Å². The van der Waals surface area contributed by atoms with Crippen LogP contribution >= 0.6 is 0 Å². The Hall–Kier alpha value is -2.61. The van der Waals surface area contributed by atoms with E-state index in [9.17, 15) is 9.59 Å². The van der Waals surface area contributed by atoms with Crippen molar-refractivity contribution in [3.63, 3.8) is 0 Å². The lowest BCUT2D eigenvalue weighted by Crippen LogP contribution is -2.36. The van der Waals surface area contributed by atoms with Gasteiger partial charge < -0.3 is 10.1 Å². The van der Waals surface area contributed by atoms with Crippen molar-refractivity contribution in [1.29, 1.82) is 5.26 Å². The highest BCUT2D eigenvalue weighted by atomic mass is 16.5. The summed E-state index contributed by atoms with van der Waals surface area (Å²) in [5.41, 5.74) is 2.18. The summed E-state index contributed by atoms with van der Waals surface area (Å²) in [6, 6.07) is 8.09. The van der Waals surface area contributed by atoms with E-state index in [-0.39, 0.29) is 5.91 Å². The summed E-state index contributed by atoms with van der Waals surface area (Å²) < 4.78 is 5.17. The van der Waals surface area contributed by atoms with Gasteiger partial charge >= 0.3 is 5.97 Å². The molecule has 1 aromatic carbocycles. The lowest BCUT2D eigenvalue weighted by atomic mass is 9.97. The van der Waals surface area contributed by atoms with Crippen molar-refractivity contribution >= 4 is 11.9 Å². The molecule has 1 aliphatic carbocycles. The van der Waals surface area contributed by atoms with Gasteiger partial charge in [0.1, 0.15) is 0 Å². The first kappa shape index (κ1) is 17.7. The summed E-state index contributed by atoms with van der Waals surface area (Å²) in [6.45, 7) is 2.11. The number of esters is 1. The zero-order chi connectivity index (χ0) is 17.4. The molecule has 1 aliphatic rings. The molecule has 1 N–H and O–H groups in total. The Bertz CT molecular complexity index is 656. The molecule has 126 valence electrons. The third-order valence-electron chi connectivity index (χ3n) is 4.03. The minimum Gasteiger partial charge on any atom is -0.449 e. The van der Waals surface area contributed by atoms with Gasteiger partial charge in [-0.25, -0.2) is 4.79 Å². The molecular weight excluding hydrogens is 304 g/mol. The molecule has 1 atom stereocenters. The van der Waals surface area contributed by atoms with Gasteiger partial charge in [-0.15, -0.1) is 0 Å². The van der Waals surface area contributed by atoms with Crippen LogP contribution in [0.3, 0.4) is 0 Å². The van der Waals surface area contributed by atoms with Crippen molar-refractivity contribution in [2.45, 2.75) is 45.1 Å². The van der Waals surface area contributed by atoms with E-state index >= 15 is 0 Å². The van der Waals surface area contributed by atoms with Crippen LogP contribution in [0.2, 0.25) is 0 Å². The monoisotopic (exact) mass is 326 g/mol. The number of hydrogen-bond donors (Lipinski definition) is 1. The highest BCUT2D eigenvalue weighted by Gasteiger charge is 2.18. The number of benzene rings is 1. The zero-order valence-electron chi connectivity index (χ0n) is 13.9. The molecule has 2 rings (SSSR count). The van der Waals surface area contributed by atoms with Gasteiger partial charge in [-0.1, -0.05) is 11.6 Å². The van der Waals surface area contributed by atoms with Crippen molar-refractivity contribution in [3.8, 4) is 6.07 Å². The lowest BCUT2D eigenvalue weighted by Gasteiger charge is -2.15. The first-order chi connectivity index (χ1) is 11.6. The van der Waals surface area contributed by atoms with Gasteiger partial charge in [0.05, 0.1) is 17.2 Å². The van der Waals surface area contributed by atoms with E-state index < -0.39 is 12.1 Å². The summed E-state index contributed by atoms with van der Waals surface area (Å²) in [7, 11) is 0. The SMILES string of the molecule is C[C@@H](OC(=O)c1ccc(C#N)cc1)C(=O)NCCC1=CCCCC1. The van der Waals surface area contributed by atoms with Crippen LogP contribution in [0.1, 0.15) is 54.9 Å². The zero-order valence-corrected chi connectivity index (χ0v) is 13.9. The predicted octanol–water partition coefficient (Wildman–Crippen LogP) is 3.11. The summed E-state index contributed by atoms with van der Waals surface area (Å²) in [4.78, 5) is 24.0. The molecule has 0 bridgehead atoms. The van der Waals surface area contributed by atoms with Crippen LogP contribution in [0, 0.1) is 11.3 Å². The highest BCUT2D eigenvalue weighted by molar-refractivity contribution is 5.92. The average molecular weight is 326 g/mol. The molecule has 24 heavy (non-hydrogen) atoms. The van der Waals surface area contributed by atoms with Gasteiger partial charge in [-0.05, 0) is 63.3 Å². The molecule has 0 aliphatic heterocycles. The first-order valence-electron chi connectivity index (χ1n) is 8.27. The summed E-state index contributed by atoms with van der Waals surface area (Å²) in [5, 5.41) is 11.5. The minimum atomic E-state index is -0.853. The second-order valence-electron chi connectivity index (χ2n) is 5.89. The number of carbonyl (C=O) groups is 2. The second kappa shape index (κ2) is 8.88. The summed E-state index contributed by atoms with van der Waals surface area (Å²) >= 11 is 0. The van der Waals surface area contributed by atoms with Crippen LogP contribution in [-0.2, 0) is 9.53 Å². The molecule has 5 nitrogen and oxygen atoms in total. The molecule has 5 heteroatoms. The van der Waals surface area contributed by atoms with Crippen LogP contribution in [0.4, 0.5) is 0 Å². The van der Waals surface area contributed by atoms with E-state index in [0.29, 0.717) is 17.7 Å². The van der Waals surface area contributed by atoms with Crippen LogP contribution in [0.5, 0.6) is 0 Å². The fraction of sp³-hybridized carbons (Fsp3) is 0.421. The number of allylic oxidation sites excluding steroid dienone is 1. The number of hydrogen-bond acceptors (Lipinski definition) is 4. The van der Waals surface area contributed by atoms with E-state index in [1.54, 1.807) is 19.1 Å². The molecule has 0 spiro atoms. The molecule has 0 heterocycles. The number of nitrogens with one attached hydrogen (secondary N) is 1. The van der Waals surface area contributed by atoms with E-state index in [2.05, 4.69) is 11.4 Å². The van der Waals surface area contributed by atoms with E-state index in [4.69, 9.17) is 10.00 Å². The molecule has 0 fully saturated rings. The van der Waals surface area contributed by atoms with Crippen molar-refractivity contribution < 1.29 is 14.3 Å². The Kier molecular flexibility index (Phi) is 6.56. The maximum atomic E-state index is 12.0. The Morgan fingerprint density at radius 3 is 2.67 bits per heavy atom. The van der Waals surface area contributed by atoms with E-state index in [1.165, 1.54) is 30.5 Å². The Morgan fingerprint density at radius 1 is 1.29 bits per heavy atom. The topological polar surface area (TPSA) is 79.2 Å². The molecule has 0 unspecified atom stereocenters. The molecule has 1 amide bonds. The van der Waals surface area contributed by atoms with E-state index in [0.717, 1.165) is 19.3 Å². The van der Waals surface area contributed by atoms with Gasteiger partial charge in [0.2, 0.25) is 0 Å². The van der Waals surface area contributed by atoms with Crippen LogP contribution in [-0.4, -0.2) is 24.5 Å². The Morgan fingerprint density at radius 2 is 2.04 bits per heavy atom. The smallest absolute Gasteiger partial charge is 0.338 e. The Balaban J connectivity index is 1.76. The van der Waals surface area contributed by atoms with E-state index in [1.807, 2.05) is 6.07 Å². The average Bonchev–Trinajstić information content (AvgIpc) is 2.62. The fourth-order valence-electron chi connectivity index (χ4n) is 2.58. The molecule has 0 aromatic heterocycles. The maximum absolute atomic E-state index is 12.0. The third kappa shape index (κ3) is 5.24.